The summed E-state index contributed by atoms with van der Waals surface area (Å²) in [5.41, 5.74) is 1.23. The van der Waals surface area contributed by atoms with Gasteiger partial charge in [0.1, 0.15) is 0 Å². The van der Waals surface area contributed by atoms with Gasteiger partial charge in [0.05, 0.1) is 0 Å². The number of rotatable bonds is 2. The van der Waals surface area contributed by atoms with Gasteiger partial charge in [-0.2, -0.15) is 4.39 Å². The first-order valence-corrected chi connectivity index (χ1v) is 4.48. The fourth-order valence-corrected chi connectivity index (χ4v) is 1.44. The number of nitrogens with zero attached hydrogens (tertiary/aromatic N) is 1. The molecule has 0 fully saturated rings. The highest BCUT2D eigenvalue weighted by atomic mass is 19.1. The minimum atomic E-state index is -0.620. The first kappa shape index (κ1) is 9.52. The second-order valence-corrected chi connectivity index (χ2v) is 3.05. The Morgan fingerprint density at radius 1 is 1.13 bits per heavy atom. The zero-order valence-corrected chi connectivity index (χ0v) is 7.85. The molecule has 0 bridgehead atoms. The zero-order chi connectivity index (χ0) is 10.7. The van der Waals surface area contributed by atoms with E-state index in [4.69, 9.17) is 0 Å². The molecule has 1 aromatic carbocycles. The Hall–Kier alpha value is -2.03. The molecule has 0 aliphatic heterocycles. The molecule has 0 aliphatic carbocycles. The van der Waals surface area contributed by atoms with E-state index in [1.807, 2.05) is 6.07 Å². The minimum Gasteiger partial charge on any atom is -0.298 e. The van der Waals surface area contributed by atoms with Crippen LogP contribution in [0, 0.1) is 5.95 Å². The Balaban J connectivity index is 2.66. The lowest BCUT2D eigenvalue weighted by atomic mass is 10.0. The molecule has 0 N–H and O–H groups in total. The number of benzene rings is 1. The minimum absolute atomic E-state index is 0.258. The number of carbonyl (C=O) groups excluding carboxylic acids is 1. The predicted molar refractivity (Wildman–Crippen MR) is 55.0 cm³/mol. The summed E-state index contributed by atoms with van der Waals surface area (Å²) < 4.78 is 13.5. The van der Waals surface area contributed by atoms with Crippen LogP contribution < -0.4 is 0 Å². The van der Waals surface area contributed by atoms with Crippen LogP contribution in [-0.4, -0.2) is 11.3 Å². The maximum absolute atomic E-state index is 13.5. The Labute approximate surface area is 86.4 Å². The number of carbonyl (C=O) groups is 1. The molecule has 2 nitrogen and oxygen atoms in total. The number of hydrogen-bond acceptors (Lipinski definition) is 2. The summed E-state index contributed by atoms with van der Waals surface area (Å²) in [6.07, 6.45) is 1.92. The van der Waals surface area contributed by atoms with E-state index in [2.05, 4.69) is 4.98 Å². The summed E-state index contributed by atoms with van der Waals surface area (Å²) in [5, 5.41) is 0. The van der Waals surface area contributed by atoms with Gasteiger partial charge < -0.3 is 0 Å². The van der Waals surface area contributed by atoms with Gasteiger partial charge in [-0.1, -0.05) is 30.3 Å². The van der Waals surface area contributed by atoms with Crippen LogP contribution in [-0.2, 0) is 0 Å². The highest BCUT2D eigenvalue weighted by Crippen LogP contribution is 2.23. The van der Waals surface area contributed by atoms with Gasteiger partial charge in [0, 0.05) is 17.3 Å². The SMILES string of the molecule is O=Cc1ccnc(F)c1-c1ccccc1. The lowest BCUT2D eigenvalue weighted by Gasteiger charge is -2.04. The van der Waals surface area contributed by atoms with Crippen molar-refractivity contribution in [3.05, 3.63) is 54.1 Å². The van der Waals surface area contributed by atoms with Crippen molar-refractivity contribution in [1.82, 2.24) is 4.98 Å². The van der Waals surface area contributed by atoms with Crippen molar-refractivity contribution in [2.75, 3.05) is 0 Å². The van der Waals surface area contributed by atoms with E-state index in [1.54, 1.807) is 24.3 Å². The van der Waals surface area contributed by atoms with Crippen LogP contribution >= 0.6 is 0 Å². The Kier molecular flexibility index (Phi) is 2.54. The normalized spacial score (nSPS) is 9.93. The second-order valence-electron chi connectivity index (χ2n) is 3.05. The molecule has 1 aromatic heterocycles. The summed E-state index contributed by atoms with van der Waals surface area (Å²) in [5.74, 6) is -0.620. The molecule has 2 aromatic rings. The molecule has 2 rings (SSSR count). The van der Waals surface area contributed by atoms with E-state index in [0.29, 0.717) is 17.4 Å². The molecule has 0 spiro atoms. The molecule has 74 valence electrons. The molecule has 0 atom stereocenters. The van der Waals surface area contributed by atoms with Crippen LogP contribution in [0.3, 0.4) is 0 Å². The molecule has 0 amide bonds. The standard InChI is InChI=1S/C12H8FNO/c13-12-11(9-4-2-1-3-5-9)10(8-15)6-7-14-12/h1-8H. The maximum Gasteiger partial charge on any atom is 0.221 e. The van der Waals surface area contributed by atoms with Crippen LogP contribution in [0.2, 0.25) is 0 Å². The van der Waals surface area contributed by atoms with E-state index in [1.165, 1.54) is 12.3 Å². The van der Waals surface area contributed by atoms with Crippen molar-refractivity contribution < 1.29 is 9.18 Å². The molecule has 15 heavy (non-hydrogen) atoms. The number of halogens is 1. The van der Waals surface area contributed by atoms with Crippen LogP contribution in [0.15, 0.2) is 42.6 Å². The molecule has 0 saturated heterocycles. The van der Waals surface area contributed by atoms with Gasteiger partial charge in [-0.25, -0.2) is 4.98 Å². The van der Waals surface area contributed by atoms with E-state index in [0.717, 1.165) is 0 Å². The van der Waals surface area contributed by atoms with Gasteiger partial charge >= 0.3 is 0 Å². The van der Waals surface area contributed by atoms with Gasteiger partial charge in [-0.05, 0) is 11.6 Å². The van der Waals surface area contributed by atoms with Gasteiger partial charge in [0.25, 0.3) is 0 Å². The van der Waals surface area contributed by atoms with Crippen LogP contribution in [0.4, 0.5) is 4.39 Å². The summed E-state index contributed by atoms with van der Waals surface area (Å²) in [6, 6.07) is 10.4. The molecular formula is C12H8FNO. The maximum atomic E-state index is 13.5. The van der Waals surface area contributed by atoms with Crippen LogP contribution in [0.25, 0.3) is 11.1 Å². The molecule has 0 unspecified atom stereocenters. The van der Waals surface area contributed by atoms with Gasteiger partial charge in [-0.15, -0.1) is 0 Å². The first-order valence-electron chi connectivity index (χ1n) is 4.48. The fraction of sp³-hybridized carbons (Fsp3) is 0. The highest BCUT2D eigenvalue weighted by molar-refractivity contribution is 5.87. The highest BCUT2D eigenvalue weighted by Gasteiger charge is 2.10. The average molecular weight is 201 g/mol. The van der Waals surface area contributed by atoms with Crippen molar-refractivity contribution in [2.45, 2.75) is 0 Å². The third kappa shape index (κ3) is 1.76. The van der Waals surface area contributed by atoms with E-state index in [-0.39, 0.29) is 5.56 Å². The number of aldehydes is 1. The third-order valence-electron chi connectivity index (χ3n) is 2.13. The van der Waals surface area contributed by atoms with Crippen LogP contribution in [0.5, 0.6) is 0 Å². The number of hydrogen-bond donors (Lipinski definition) is 0. The molecule has 0 saturated carbocycles. The number of pyridine rings is 1. The third-order valence-corrected chi connectivity index (χ3v) is 2.13. The zero-order valence-electron chi connectivity index (χ0n) is 7.85. The summed E-state index contributed by atoms with van der Waals surface area (Å²) in [4.78, 5) is 14.3. The van der Waals surface area contributed by atoms with Crippen molar-refractivity contribution in [2.24, 2.45) is 0 Å². The fourth-order valence-electron chi connectivity index (χ4n) is 1.44. The summed E-state index contributed by atoms with van der Waals surface area (Å²) in [7, 11) is 0. The topological polar surface area (TPSA) is 30.0 Å². The first-order chi connectivity index (χ1) is 7.33. The second kappa shape index (κ2) is 4.00. The largest absolute Gasteiger partial charge is 0.298 e. The van der Waals surface area contributed by atoms with Crippen molar-refractivity contribution >= 4 is 6.29 Å². The quantitative estimate of drug-likeness (QED) is 0.552. The van der Waals surface area contributed by atoms with E-state index >= 15 is 0 Å². The molecule has 0 radical (unpaired) electrons. The molecular weight excluding hydrogens is 193 g/mol. The van der Waals surface area contributed by atoms with Crippen molar-refractivity contribution in [1.29, 1.82) is 0 Å². The van der Waals surface area contributed by atoms with Gasteiger partial charge in [0.15, 0.2) is 6.29 Å². The van der Waals surface area contributed by atoms with Crippen LogP contribution in [0.1, 0.15) is 10.4 Å². The van der Waals surface area contributed by atoms with Gasteiger partial charge in [-0.3, -0.25) is 4.79 Å². The molecule has 1 heterocycles. The number of aromatic nitrogens is 1. The Morgan fingerprint density at radius 2 is 1.87 bits per heavy atom. The van der Waals surface area contributed by atoms with E-state index in [9.17, 15) is 9.18 Å². The van der Waals surface area contributed by atoms with E-state index < -0.39 is 5.95 Å². The van der Waals surface area contributed by atoms with Crippen molar-refractivity contribution in [3.8, 4) is 11.1 Å². The summed E-state index contributed by atoms with van der Waals surface area (Å²) >= 11 is 0. The van der Waals surface area contributed by atoms with Gasteiger partial charge in [0.2, 0.25) is 5.95 Å². The molecule has 0 aliphatic rings. The summed E-state index contributed by atoms with van der Waals surface area (Å²) in [6.45, 7) is 0. The lowest BCUT2D eigenvalue weighted by molar-refractivity contribution is 0.112. The average Bonchev–Trinajstić information content (AvgIpc) is 2.29. The monoisotopic (exact) mass is 201 g/mol. The lowest BCUT2D eigenvalue weighted by Crippen LogP contribution is -1.94. The predicted octanol–water partition coefficient (Wildman–Crippen LogP) is 2.70. The molecule has 3 heteroatoms. The van der Waals surface area contributed by atoms with Crippen molar-refractivity contribution in [3.63, 3.8) is 0 Å². The Morgan fingerprint density at radius 3 is 2.53 bits per heavy atom. The smallest absolute Gasteiger partial charge is 0.221 e. The Bertz CT molecular complexity index is 482.